The maximum Gasteiger partial charge on any atom is 0.274 e. The van der Waals surface area contributed by atoms with Crippen LogP contribution in [0.1, 0.15) is 28.7 Å². The van der Waals surface area contributed by atoms with Crippen LogP contribution in [-0.4, -0.2) is 46.3 Å². The highest BCUT2D eigenvalue weighted by Gasteiger charge is 2.24. The second-order valence-electron chi connectivity index (χ2n) is 6.02. The quantitative estimate of drug-likeness (QED) is 0.921. The summed E-state index contributed by atoms with van der Waals surface area (Å²) in [5.74, 6) is 0.0160. The van der Waals surface area contributed by atoms with E-state index < -0.39 is 0 Å². The number of amides is 1. The summed E-state index contributed by atoms with van der Waals surface area (Å²) in [5, 5.41) is 7.86. The minimum absolute atomic E-state index is 0.0160. The zero-order chi connectivity index (χ0) is 15.7. The maximum atomic E-state index is 12.6. The van der Waals surface area contributed by atoms with Gasteiger partial charge < -0.3 is 10.2 Å². The molecule has 1 amide bonds. The number of rotatable bonds is 2. The Balaban J connectivity index is 1.85. The van der Waals surface area contributed by atoms with E-state index in [4.69, 9.17) is 0 Å². The molecule has 0 spiro atoms. The predicted molar refractivity (Wildman–Crippen MR) is 86.4 cm³/mol. The highest BCUT2D eigenvalue weighted by Crippen LogP contribution is 2.15. The van der Waals surface area contributed by atoms with E-state index in [1.54, 1.807) is 0 Å². The van der Waals surface area contributed by atoms with E-state index in [0.29, 0.717) is 11.7 Å². The van der Waals surface area contributed by atoms with Crippen molar-refractivity contribution in [2.24, 2.45) is 0 Å². The Labute approximate surface area is 130 Å². The third kappa shape index (κ3) is 2.90. The summed E-state index contributed by atoms with van der Waals surface area (Å²) in [6.45, 7) is 8.43. The van der Waals surface area contributed by atoms with Crippen molar-refractivity contribution in [3.05, 3.63) is 47.3 Å². The number of aryl methyl sites for hydroxylation is 2. The van der Waals surface area contributed by atoms with Gasteiger partial charge in [0.2, 0.25) is 0 Å². The Morgan fingerprint density at radius 3 is 2.68 bits per heavy atom. The molecule has 0 unspecified atom stereocenters. The van der Waals surface area contributed by atoms with Crippen LogP contribution < -0.4 is 5.32 Å². The van der Waals surface area contributed by atoms with Crippen molar-refractivity contribution in [3.8, 4) is 5.69 Å². The Bertz CT molecular complexity index is 674. The lowest BCUT2D eigenvalue weighted by molar-refractivity contribution is 0.0702. The van der Waals surface area contributed by atoms with Crippen LogP contribution in [0.15, 0.2) is 30.3 Å². The fraction of sp³-hybridized carbons (Fsp3) is 0.412. The summed E-state index contributed by atoms with van der Waals surface area (Å²) in [7, 11) is 0. The number of nitrogens with one attached hydrogen (secondary N) is 1. The predicted octanol–water partition coefficient (Wildman–Crippen LogP) is 1.92. The molecule has 22 heavy (non-hydrogen) atoms. The van der Waals surface area contributed by atoms with E-state index in [0.717, 1.165) is 31.0 Å². The molecule has 1 aliphatic heterocycles. The van der Waals surface area contributed by atoms with Crippen LogP contribution in [0.4, 0.5) is 0 Å². The van der Waals surface area contributed by atoms with Gasteiger partial charge in [0.25, 0.3) is 5.91 Å². The lowest BCUT2D eigenvalue weighted by Gasteiger charge is -2.31. The number of aromatic nitrogens is 2. The molecule has 0 aliphatic carbocycles. The summed E-state index contributed by atoms with van der Waals surface area (Å²) >= 11 is 0. The zero-order valence-electron chi connectivity index (χ0n) is 13.3. The van der Waals surface area contributed by atoms with Gasteiger partial charge in [-0.25, -0.2) is 4.68 Å². The normalized spacial score (nSPS) is 18.5. The summed E-state index contributed by atoms with van der Waals surface area (Å²) in [5.41, 5.74) is 3.68. The van der Waals surface area contributed by atoms with Crippen molar-refractivity contribution in [2.75, 3.05) is 19.6 Å². The largest absolute Gasteiger partial charge is 0.334 e. The number of piperazine rings is 1. The second kappa shape index (κ2) is 5.93. The first-order chi connectivity index (χ1) is 10.5. The summed E-state index contributed by atoms with van der Waals surface area (Å²) in [6.07, 6.45) is 0. The van der Waals surface area contributed by atoms with Gasteiger partial charge in [0.05, 0.1) is 5.69 Å². The van der Waals surface area contributed by atoms with Crippen LogP contribution in [0.25, 0.3) is 5.69 Å². The molecule has 1 aromatic carbocycles. The molecule has 5 heteroatoms. The SMILES string of the molecule is Cc1ccc(-n2nc(C(=O)N3CCN[C@H](C)C3)cc2C)cc1. The van der Waals surface area contributed by atoms with Crippen LogP contribution >= 0.6 is 0 Å². The number of hydrogen-bond acceptors (Lipinski definition) is 3. The van der Waals surface area contributed by atoms with Crippen molar-refractivity contribution >= 4 is 5.91 Å². The molecule has 5 nitrogen and oxygen atoms in total. The van der Waals surface area contributed by atoms with Crippen LogP contribution in [0.3, 0.4) is 0 Å². The monoisotopic (exact) mass is 298 g/mol. The number of carbonyl (C=O) groups is 1. The number of benzene rings is 1. The van der Waals surface area contributed by atoms with E-state index >= 15 is 0 Å². The topological polar surface area (TPSA) is 50.2 Å². The smallest absolute Gasteiger partial charge is 0.274 e. The molecule has 2 aromatic rings. The van der Waals surface area contributed by atoms with Crippen LogP contribution in [-0.2, 0) is 0 Å². The fourth-order valence-corrected chi connectivity index (χ4v) is 2.81. The minimum atomic E-state index is 0.0160. The molecular formula is C17H22N4O. The van der Waals surface area contributed by atoms with Crippen molar-refractivity contribution in [1.29, 1.82) is 0 Å². The Kier molecular flexibility index (Phi) is 3.98. The van der Waals surface area contributed by atoms with E-state index in [2.05, 4.69) is 36.4 Å². The first-order valence-electron chi connectivity index (χ1n) is 7.71. The molecule has 1 fully saturated rings. The molecule has 0 radical (unpaired) electrons. The Morgan fingerprint density at radius 2 is 2.00 bits per heavy atom. The highest BCUT2D eigenvalue weighted by molar-refractivity contribution is 5.92. The van der Waals surface area contributed by atoms with Gasteiger partial charge in [-0.3, -0.25) is 4.79 Å². The van der Waals surface area contributed by atoms with Gasteiger partial charge in [-0.1, -0.05) is 17.7 Å². The van der Waals surface area contributed by atoms with Gasteiger partial charge in [0.15, 0.2) is 5.69 Å². The molecule has 2 heterocycles. The molecule has 116 valence electrons. The van der Waals surface area contributed by atoms with Crippen molar-refractivity contribution < 1.29 is 4.79 Å². The average molecular weight is 298 g/mol. The van der Waals surface area contributed by atoms with Gasteiger partial charge in [0.1, 0.15) is 0 Å². The van der Waals surface area contributed by atoms with E-state index in [1.165, 1.54) is 5.56 Å². The molecular weight excluding hydrogens is 276 g/mol. The molecule has 0 saturated carbocycles. The third-order valence-corrected chi connectivity index (χ3v) is 4.04. The number of hydrogen-bond donors (Lipinski definition) is 1. The van der Waals surface area contributed by atoms with Gasteiger partial charge in [-0.15, -0.1) is 0 Å². The van der Waals surface area contributed by atoms with Crippen LogP contribution in [0.5, 0.6) is 0 Å². The second-order valence-corrected chi connectivity index (χ2v) is 6.02. The average Bonchev–Trinajstić information content (AvgIpc) is 2.89. The minimum Gasteiger partial charge on any atom is -0.334 e. The summed E-state index contributed by atoms with van der Waals surface area (Å²) in [4.78, 5) is 14.5. The summed E-state index contributed by atoms with van der Waals surface area (Å²) in [6, 6.07) is 10.4. The van der Waals surface area contributed by atoms with Crippen molar-refractivity contribution in [2.45, 2.75) is 26.8 Å². The van der Waals surface area contributed by atoms with Crippen molar-refractivity contribution in [3.63, 3.8) is 0 Å². The van der Waals surface area contributed by atoms with Crippen LogP contribution in [0, 0.1) is 13.8 Å². The van der Waals surface area contributed by atoms with Gasteiger partial charge in [0, 0.05) is 31.4 Å². The zero-order valence-corrected chi connectivity index (χ0v) is 13.3. The fourth-order valence-electron chi connectivity index (χ4n) is 2.81. The number of nitrogens with zero attached hydrogens (tertiary/aromatic N) is 3. The van der Waals surface area contributed by atoms with Gasteiger partial charge in [-0.05, 0) is 39.0 Å². The van der Waals surface area contributed by atoms with Crippen LogP contribution in [0.2, 0.25) is 0 Å². The third-order valence-electron chi connectivity index (χ3n) is 4.04. The summed E-state index contributed by atoms with van der Waals surface area (Å²) < 4.78 is 1.83. The maximum absolute atomic E-state index is 12.6. The molecule has 1 atom stereocenters. The molecule has 0 bridgehead atoms. The van der Waals surface area contributed by atoms with Gasteiger partial charge in [-0.2, -0.15) is 5.10 Å². The first-order valence-corrected chi connectivity index (χ1v) is 7.71. The highest BCUT2D eigenvalue weighted by atomic mass is 16.2. The molecule has 1 aliphatic rings. The Morgan fingerprint density at radius 1 is 1.27 bits per heavy atom. The molecule has 1 saturated heterocycles. The Hall–Kier alpha value is -2.14. The lowest BCUT2D eigenvalue weighted by Crippen LogP contribution is -2.51. The van der Waals surface area contributed by atoms with E-state index in [-0.39, 0.29) is 5.91 Å². The molecule has 1 aromatic heterocycles. The van der Waals surface area contributed by atoms with Crippen molar-refractivity contribution in [1.82, 2.24) is 20.0 Å². The van der Waals surface area contributed by atoms with E-state index in [1.807, 2.05) is 34.7 Å². The standard InChI is InChI=1S/C17H22N4O/c1-12-4-6-15(7-5-12)21-14(3)10-16(19-21)17(22)20-9-8-18-13(2)11-20/h4-7,10,13,18H,8-9,11H2,1-3H3/t13-/m1/s1. The molecule has 3 rings (SSSR count). The molecule has 1 N–H and O–H groups in total. The van der Waals surface area contributed by atoms with Gasteiger partial charge >= 0.3 is 0 Å². The number of carbonyl (C=O) groups excluding carboxylic acids is 1. The van der Waals surface area contributed by atoms with E-state index in [9.17, 15) is 4.79 Å². The lowest BCUT2D eigenvalue weighted by atomic mass is 10.2. The first kappa shape index (κ1) is 14.8.